The summed E-state index contributed by atoms with van der Waals surface area (Å²) in [5.74, 6) is 0. The molecule has 1 aromatic heterocycles. The average molecular weight is 300 g/mol. The zero-order valence-corrected chi connectivity index (χ0v) is 12.7. The fourth-order valence-electron chi connectivity index (χ4n) is 3.06. The van der Waals surface area contributed by atoms with Gasteiger partial charge in [-0.05, 0) is 31.4 Å². The normalized spacial score (nSPS) is 15.1. The van der Waals surface area contributed by atoms with Gasteiger partial charge in [0.2, 0.25) is 0 Å². The van der Waals surface area contributed by atoms with Gasteiger partial charge >= 0.3 is 0 Å². The number of aryl methyl sites for hydroxylation is 1. The fraction of sp³-hybridized carbons (Fsp3) is 0.438. The van der Waals surface area contributed by atoms with E-state index >= 15 is 0 Å². The predicted octanol–water partition coefficient (Wildman–Crippen LogP) is 3.83. The van der Waals surface area contributed by atoms with Crippen molar-refractivity contribution >= 4 is 11.4 Å². The second-order valence-corrected chi connectivity index (χ2v) is 5.81. The van der Waals surface area contributed by atoms with Crippen molar-refractivity contribution in [3.63, 3.8) is 0 Å². The number of aromatic nitrogens is 2. The van der Waals surface area contributed by atoms with E-state index in [1.54, 1.807) is 6.07 Å². The molecule has 1 fully saturated rings. The first-order chi connectivity index (χ1) is 10.6. The lowest BCUT2D eigenvalue weighted by atomic mass is 10.1. The highest BCUT2D eigenvalue weighted by molar-refractivity contribution is 5.65. The van der Waals surface area contributed by atoms with Gasteiger partial charge in [-0.2, -0.15) is 5.10 Å². The number of hydrogen-bond donors (Lipinski definition) is 1. The highest BCUT2D eigenvalue weighted by atomic mass is 16.6. The van der Waals surface area contributed by atoms with E-state index in [1.807, 2.05) is 29.9 Å². The van der Waals surface area contributed by atoms with Gasteiger partial charge in [0.1, 0.15) is 5.69 Å². The Morgan fingerprint density at radius 2 is 2.14 bits per heavy atom. The molecule has 116 valence electrons. The Morgan fingerprint density at radius 3 is 2.86 bits per heavy atom. The van der Waals surface area contributed by atoms with Crippen molar-refractivity contribution in [2.45, 2.75) is 45.2 Å². The molecule has 22 heavy (non-hydrogen) atoms. The molecule has 1 aliphatic rings. The maximum absolute atomic E-state index is 11.1. The Bertz CT molecular complexity index is 675. The Kier molecular flexibility index (Phi) is 4.09. The highest BCUT2D eigenvalue weighted by Gasteiger charge is 2.18. The van der Waals surface area contributed by atoms with Gasteiger partial charge < -0.3 is 5.32 Å². The molecule has 6 nitrogen and oxygen atoms in total. The third kappa shape index (κ3) is 2.95. The summed E-state index contributed by atoms with van der Waals surface area (Å²) in [5, 5.41) is 18.9. The summed E-state index contributed by atoms with van der Waals surface area (Å²) in [5.41, 5.74) is 2.45. The summed E-state index contributed by atoms with van der Waals surface area (Å²) in [6.45, 7) is 2.36. The highest BCUT2D eigenvalue weighted by Crippen LogP contribution is 2.30. The van der Waals surface area contributed by atoms with Crippen LogP contribution in [0.4, 0.5) is 11.4 Å². The molecule has 6 heteroatoms. The largest absolute Gasteiger partial charge is 0.374 e. The first-order valence-corrected chi connectivity index (χ1v) is 7.67. The lowest BCUT2D eigenvalue weighted by molar-refractivity contribution is -0.384. The lowest BCUT2D eigenvalue weighted by Crippen LogP contribution is -2.08. The second-order valence-electron chi connectivity index (χ2n) is 5.81. The molecule has 0 saturated heterocycles. The van der Waals surface area contributed by atoms with Crippen molar-refractivity contribution in [1.82, 2.24) is 9.78 Å². The molecule has 1 aromatic carbocycles. The van der Waals surface area contributed by atoms with E-state index in [0.29, 0.717) is 18.3 Å². The van der Waals surface area contributed by atoms with Gasteiger partial charge in [-0.3, -0.25) is 14.8 Å². The van der Waals surface area contributed by atoms with E-state index in [-0.39, 0.29) is 10.6 Å². The first kappa shape index (κ1) is 14.6. The van der Waals surface area contributed by atoms with E-state index in [9.17, 15) is 10.1 Å². The number of hydrogen-bond acceptors (Lipinski definition) is 4. The van der Waals surface area contributed by atoms with Gasteiger partial charge in [-0.25, -0.2) is 0 Å². The van der Waals surface area contributed by atoms with Crippen molar-refractivity contribution in [2.75, 3.05) is 5.32 Å². The predicted molar refractivity (Wildman–Crippen MR) is 84.9 cm³/mol. The van der Waals surface area contributed by atoms with Crippen LogP contribution >= 0.6 is 0 Å². The standard InChI is InChI=1S/C16H20N4O2/c1-12-5-4-8-15(20(21)22)16(12)17-11-13-9-10-19(18-13)14-6-2-3-7-14/h4-5,8-10,14,17H,2-3,6-7,11H2,1H3. The summed E-state index contributed by atoms with van der Waals surface area (Å²) >= 11 is 0. The number of rotatable bonds is 5. The monoisotopic (exact) mass is 300 g/mol. The number of nitrogens with zero attached hydrogens (tertiary/aromatic N) is 3. The van der Waals surface area contributed by atoms with Gasteiger partial charge in [0.05, 0.1) is 23.2 Å². The van der Waals surface area contributed by atoms with E-state index in [1.165, 1.54) is 31.7 Å². The number of para-hydroxylation sites is 1. The fourth-order valence-corrected chi connectivity index (χ4v) is 3.06. The van der Waals surface area contributed by atoms with Crippen LogP contribution in [0.3, 0.4) is 0 Å². The Hall–Kier alpha value is -2.37. The minimum Gasteiger partial charge on any atom is -0.374 e. The lowest BCUT2D eigenvalue weighted by Gasteiger charge is -2.10. The summed E-state index contributed by atoms with van der Waals surface area (Å²) in [4.78, 5) is 10.8. The third-order valence-corrected chi connectivity index (χ3v) is 4.26. The number of anilines is 1. The molecule has 3 rings (SSSR count). The Labute approximate surface area is 129 Å². The molecule has 1 heterocycles. The van der Waals surface area contributed by atoms with Crippen LogP contribution in [-0.2, 0) is 6.54 Å². The summed E-state index contributed by atoms with van der Waals surface area (Å²) in [6.07, 6.45) is 6.94. The zero-order valence-electron chi connectivity index (χ0n) is 12.7. The molecule has 0 unspecified atom stereocenters. The summed E-state index contributed by atoms with van der Waals surface area (Å²) in [7, 11) is 0. The van der Waals surface area contributed by atoms with Crippen LogP contribution in [0.2, 0.25) is 0 Å². The van der Waals surface area contributed by atoms with E-state index in [4.69, 9.17) is 0 Å². The van der Waals surface area contributed by atoms with E-state index in [2.05, 4.69) is 10.4 Å². The van der Waals surface area contributed by atoms with Crippen LogP contribution < -0.4 is 5.32 Å². The van der Waals surface area contributed by atoms with Crippen LogP contribution in [0.5, 0.6) is 0 Å². The molecular formula is C16H20N4O2. The molecule has 0 bridgehead atoms. The number of nitrogens with one attached hydrogen (secondary N) is 1. The van der Waals surface area contributed by atoms with Gasteiger partial charge in [0, 0.05) is 12.3 Å². The third-order valence-electron chi connectivity index (χ3n) is 4.26. The molecular weight excluding hydrogens is 280 g/mol. The average Bonchev–Trinajstić information content (AvgIpc) is 3.16. The second kappa shape index (κ2) is 6.17. The van der Waals surface area contributed by atoms with Crippen molar-refractivity contribution < 1.29 is 4.92 Å². The van der Waals surface area contributed by atoms with Crippen LogP contribution in [0.15, 0.2) is 30.5 Å². The molecule has 1 N–H and O–H groups in total. The van der Waals surface area contributed by atoms with Gasteiger partial charge in [0.15, 0.2) is 0 Å². The van der Waals surface area contributed by atoms with Crippen LogP contribution in [0.1, 0.15) is 43.0 Å². The van der Waals surface area contributed by atoms with Crippen molar-refractivity contribution in [1.29, 1.82) is 0 Å². The van der Waals surface area contributed by atoms with Crippen LogP contribution in [0, 0.1) is 17.0 Å². The molecule has 0 aliphatic heterocycles. The van der Waals surface area contributed by atoms with Crippen LogP contribution in [0.25, 0.3) is 0 Å². The van der Waals surface area contributed by atoms with Crippen molar-refractivity contribution in [2.24, 2.45) is 0 Å². The SMILES string of the molecule is Cc1cccc([N+](=O)[O-])c1NCc1ccn(C2CCCC2)n1. The maximum Gasteiger partial charge on any atom is 0.292 e. The molecule has 0 radical (unpaired) electrons. The van der Waals surface area contributed by atoms with E-state index in [0.717, 1.165) is 11.3 Å². The summed E-state index contributed by atoms with van der Waals surface area (Å²) in [6, 6.07) is 7.59. The van der Waals surface area contributed by atoms with Crippen molar-refractivity contribution in [3.8, 4) is 0 Å². The minimum atomic E-state index is -0.355. The molecule has 2 aromatic rings. The molecule has 0 spiro atoms. The Morgan fingerprint density at radius 1 is 1.36 bits per heavy atom. The maximum atomic E-state index is 11.1. The van der Waals surface area contributed by atoms with Gasteiger partial charge in [-0.1, -0.05) is 25.0 Å². The number of nitro benzene ring substituents is 1. The molecule has 1 saturated carbocycles. The van der Waals surface area contributed by atoms with E-state index < -0.39 is 0 Å². The zero-order chi connectivity index (χ0) is 15.5. The Balaban J connectivity index is 1.71. The minimum absolute atomic E-state index is 0.107. The topological polar surface area (TPSA) is 73.0 Å². The number of nitro groups is 1. The van der Waals surface area contributed by atoms with Crippen molar-refractivity contribution in [3.05, 3.63) is 51.8 Å². The molecule has 0 amide bonds. The molecule has 1 aliphatic carbocycles. The van der Waals surface area contributed by atoms with Gasteiger partial charge in [0.25, 0.3) is 5.69 Å². The first-order valence-electron chi connectivity index (χ1n) is 7.67. The molecule has 0 atom stereocenters. The summed E-state index contributed by atoms with van der Waals surface area (Å²) < 4.78 is 2.04. The van der Waals surface area contributed by atoms with Gasteiger partial charge in [-0.15, -0.1) is 0 Å². The number of benzene rings is 1. The quantitative estimate of drug-likeness (QED) is 0.673. The smallest absolute Gasteiger partial charge is 0.292 e. The van der Waals surface area contributed by atoms with Crippen LogP contribution in [-0.4, -0.2) is 14.7 Å².